The Balaban J connectivity index is 1.94. The number of rotatable bonds is 13. The zero-order valence-corrected chi connectivity index (χ0v) is 23.2. The molecule has 0 aliphatic carbocycles. The molecule has 3 aliphatic heterocycles. The van der Waals surface area contributed by atoms with Crippen LogP contribution in [0, 0.1) is 11.8 Å². The lowest BCUT2D eigenvalue weighted by atomic mass is 9.83. The van der Waals surface area contributed by atoms with Crippen molar-refractivity contribution in [1.82, 2.24) is 10.2 Å². The number of hydrogen-bond donors (Lipinski definition) is 7. The van der Waals surface area contributed by atoms with Crippen molar-refractivity contribution in [2.75, 3.05) is 47.2 Å². The molecule has 3 rings (SSSR count). The Kier molecular flexibility index (Phi) is 11.8. The number of nitrogens with zero attached hydrogens (tertiary/aromatic N) is 1. The normalized spacial score (nSPS) is 31.1. The Morgan fingerprint density at radius 1 is 1.29 bits per heavy atom. The third-order valence-corrected chi connectivity index (χ3v) is 6.93. The highest BCUT2D eigenvalue weighted by Gasteiger charge is 2.57. The first-order chi connectivity index (χ1) is 20.0. The van der Waals surface area contributed by atoms with Crippen LogP contribution in [0.3, 0.4) is 0 Å². The van der Waals surface area contributed by atoms with Gasteiger partial charge < -0.3 is 59.2 Å². The van der Waals surface area contributed by atoms with Gasteiger partial charge in [-0.25, -0.2) is 9.59 Å². The van der Waals surface area contributed by atoms with E-state index in [1.54, 1.807) is 17.1 Å². The van der Waals surface area contributed by atoms with E-state index in [1.165, 1.54) is 32.5 Å². The number of hydrogen-bond acceptors (Lipinski definition) is 14. The predicted octanol–water partition coefficient (Wildman–Crippen LogP) is -2.09. The zero-order valence-electron chi connectivity index (χ0n) is 23.2. The lowest BCUT2D eigenvalue weighted by Crippen LogP contribution is -2.69. The molecule has 42 heavy (non-hydrogen) atoms. The second-order valence-electron chi connectivity index (χ2n) is 9.74. The van der Waals surface area contributed by atoms with Crippen LogP contribution in [0.5, 0.6) is 0 Å². The maximum Gasteiger partial charge on any atom is 0.337 e. The quantitative estimate of drug-likeness (QED) is 0.0687. The molecule has 0 unspecified atom stereocenters. The van der Waals surface area contributed by atoms with Gasteiger partial charge in [-0.1, -0.05) is 18.2 Å². The third-order valence-electron chi connectivity index (χ3n) is 6.93. The topological polar surface area (TPSA) is 217 Å². The summed E-state index contributed by atoms with van der Waals surface area (Å²) in [6, 6.07) is 0. The second-order valence-corrected chi connectivity index (χ2v) is 9.74. The highest BCUT2D eigenvalue weighted by molar-refractivity contribution is 5.90. The van der Waals surface area contributed by atoms with E-state index in [0.29, 0.717) is 5.57 Å². The fourth-order valence-electron chi connectivity index (χ4n) is 4.79. The molecule has 7 N–H and O–H groups in total. The fraction of sp³-hybridized carbons (Fsp3) is 0.556. The molecular formula is C27H38N2O13. The first kappa shape index (κ1) is 33.4. The van der Waals surface area contributed by atoms with Crippen molar-refractivity contribution in [3.8, 4) is 0 Å². The minimum absolute atomic E-state index is 0.00529. The summed E-state index contributed by atoms with van der Waals surface area (Å²) in [6.45, 7) is 3.18. The van der Waals surface area contributed by atoms with Gasteiger partial charge in [0.05, 0.1) is 50.4 Å². The number of carbonyl (C=O) groups excluding carboxylic acids is 1. The van der Waals surface area contributed by atoms with Gasteiger partial charge in [0.15, 0.2) is 12.4 Å². The first-order valence-electron chi connectivity index (χ1n) is 13.1. The Bertz CT molecular complexity index is 1100. The lowest BCUT2D eigenvalue weighted by Gasteiger charge is -2.47. The monoisotopic (exact) mass is 598 g/mol. The first-order valence-corrected chi connectivity index (χ1v) is 13.1. The molecule has 1 saturated heterocycles. The van der Waals surface area contributed by atoms with E-state index in [2.05, 4.69) is 11.9 Å². The van der Waals surface area contributed by atoms with Crippen LogP contribution in [0.25, 0.3) is 0 Å². The third kappa shape index (κ3) is 7.44. The molecule has 0 amide bonds. The molecule has 3 heterocycles. The number of nitrogens with one attached hydrogen (secondary N) is 1. The molecule has 0 radical (unpaired) electrons. The smallest absolute Gasteiger partial charge is 0.337 e. The predicted molar refractivity (Wildman–Crippen MR) is 143 cm³/mol. The number of carboxylic acids is 1. The van der Waals surface area contributed by atoms with Gasteiger partial charge in [0, 0.05) is 25.2 Å². The van der Waals surface area contributed by atoms with Crippen LogP contribution in [0.2, 0.25) is 0 Å². The molecule has 7 atom stereocenters. The standard InChI is InChI=1S/C27H38N2O13/c1-4-17-18(6-5-15-9-16(23(33)34)11-29(10-15)7-8-30)19(24(35)38-3)13-39-25(17)42-26-22(40-14-28-2)27(36,37)21(32)20(12-31)41-26/h4-6,9,11,13,17-18,20-22,25-26,28,30-32,36-37H,1,7-8,10,12,14H2,2-3H3,(H,33,34)/b6-5+/t17-,18+,20-,21-,22+,25+,26+/m1/s1. The van der Waals surface area contributed by atoms with Crippen LogP contribution in [-0.4, -0.2) is 131 Å². The number of allylic oxidation sites excluding steroid dienone is 1. The van der Waals surface area contributed by atoms with Crippen molar-refractivity contribution in [2.45, 2.75) is 36.7 Å². The lowest BCUT2D eigenvalue weighted by molar-refractivity contribution is -0.410. The minimum Gasteiger partial charge on any atom is -0.478 e. The van der Waals surface area contributed by atoms with Crippen LogP contribution in [-0.2, 0) is 33.3 Å². The van der Waals surface area contributed by atoms with E-state index >= 15 is 0 Å². The largest absolute Gasteiger partial charge is 0.478 e. The van der Waals surface area contributed by atoms with Crippen molar-refractivity contribution < 1.29 is 63.9 Å². The molecule has 1 fully saturated rings. The number of carbonyl (C=O) groups is 2. The number of aliphatic hydroxyl groups is 5. The number of ether oxygens (including phenoxy) is 5. The summed E-state index contributed by atoms with van der Waals surface area (Å²) in [7, 11) is 2.73. The van der Waals surface area contributed by atoms with Gasteiger partial charge in [-0.05, 0) is 18.7 Å². The molecular weight excluding hydrogens is 560 g/mol. The Morgan fingerprint density at radius 3 is 2.62 bits per heavy atom. The highest BCUT2D eigenvalue weighted by Crippen LogP contribution is 2.38. The van der Waals surface area contributed by atoms with Crippen molar-refractivity contribution in [3.63, 3.8) is 0 Å². The van der Waals surface area contributed by atoms with Crippen LogP contribution in [0.1, 0.15) is 0 Å². The van der Waals surface area contributed by atoms with Gasteiger partial charge in [0.25, 0.3) is 0 Å². The number of aliphatic hydroxyl groups excluding tert-OH is 3. The summed E-state index contributed by atoms with van der Waals surface area (Å²) >= 11 is 0. The summed E-state index contributed by atoms with van der Waals surface area (Å²) in [6.07, 6.45) is 0.843. The molecule has 0 saturated carbocycles. The van der Waals surface area contributed by atoms with Crippen LogP contribution < -0.4 is 5.32 Å². The molecule has 234 valence electrons. The molecule has 0 aromatic carbocycles. The van der Waals surface area contributed by atoms with Crippen LogP contribution >= 0.6 is 0 Å². The summed E-state index contributed by atoms with van der Waals surface area (Å²) < 4.78 is 27.6. The number of esters is 1. The highest BCUT2D eigenvalue weighted by atomic mass is 16.8. The number of carboxylic acid groups (broad SMARTS) is 1. The Labute approximate surface area is 242 Å². The maximum absolute atomic E-state index is 12.6. The number of methoxy groups -OCH3 is 1. The van der Waals surface area contributed by atoms with Gasteiger partial charge >= 0.3 is 11.9 Å². The van der Waals surface area contributed by atoms with Crippen molar-refractivity contribution in [2.24, 2.45) is 11.8 Å². The SMILES string of the molecule is C=C[C@H]1[C@H](O[C@@H]2O[C@H](CO)[C@@H](O)C(O)(O)[C@H]2OCNC)OC=C(C(=O)OC)[C@H]1/C=C/C1=CC(C(=O)O)=CN(CCO)C1. The molecule has 0 spiro atoms. The van der Waals surface area contributed by atoms with Crippen LogP contribution in [0.15, 0.2) is 60.1 Å². The van der Waals surface area contributed by atoms with Gasteiger partial charge in [-0.15, -0.1) is 6.58 Å². The molecule has 15 nitrogen and oxygen atoms in total. The van der Waals surface area contributed by atoms with E-state index in [-0.39, 0.29) is 37.6 Å². The summed E-state index contributed by atoms with van der Waals surface area (Å²) in [5.41, 5.74) is 0.664. The van der Waals surface area contributed by atoms with Gasteiger partial charge in [-0.2, -0.15) is 0 Å². The molecule has 15 heteroatoms. The van der Waals surface area contributed by atoms with Gasteiger partial charge in [0.2, 0.25) is 12.1 Å². The van der Waals surface area contributed by atoms with E-state index in [9.17, 15) is 40.2 Å². The number of aliphatic carboxylic acids is 1. The molecule has 0 aromatic rings. The minimum atomic E-state index is -2.89. The van der Waals surface area contributed by atoms with Gasteiger partial charge in [-0.3, -0.25) is 5.32 Å². The number of β-amino-alcohol motifs (C(OH)–C–C–N with tert-alkyl or cyclic N) is 1. The summed E-state index contributed by atoms with van der Waals surface area (Å²) in [4.78, 5) is 25.9. The average Bonchev–Trinajstić information content (AvgIpc) is 2.97. The molecule has 0 aromatic heterocycles. The van der Waals surface area contributed by atoms with Crippen LogP contribution in [0.4, 0.5) is 0 Å². The zero-order chi connectivity index (χ0) is 31.0. The van der Waals surface area contributed by atoms with Crippen molar-refractivity contribution in [1.29, 1.82) is 0 Å². The van der Waals surface area contributed by atoms with E-state index in [1.807, 2.05) is 0 Å². The summed E-state index contributed by atoms with van der Waals surface area (Å²) in [5.74, 6) is -6.35. The Hall–Kier alpha value is -3.12. The second kappa shape index (κ2) is 14.9. The fourth-order valence-corrected chi connectivity index (χ4v) is 4.79. The van der Waals surface area contributed by atoms with E-state index in [0.717, 1.165) is 6.26 Å². The average molecular weight is 599 g/mol. The van der Waals surface area contributed by atoms with Crippen molar-refractivity contribution in [3.05, 3.63) is 60.1 Å². The van der Waals surface area contributed by atoms with E-state index in [4.69, 9.17) is 23.7 Å². The molecule has 0 bridgehead atoms. The van der Waals surface area contributed by atoms with Gasteiger partial charge in [0.1, 0.15) is 12.2 Å². The maximum atomic E-state index is 12.6. The summed E-state index contributed by atoms with van der Waals surface area (Å²) in [5, 5.41) is 62.8. The van der Waals surface area contributed by atoms with Crippen molar-refractivity contribution >= 4 is 11.9 Å². The van der Waals surface area contributed by atoms with E-state index < -0.39 is 67.1 Å². The molecule has 3 aliphatic rings. The Morgan fingerprint density at radius 2 is 2.02 bits per heavy atom.